The van der Waals surface area contributed by atoms with Gasteiger partial charge in [-0.2, -0.15) is 0 Å². The minimum Gasteiger partial charge on any atom is -0.504 e. The van der Waals surface area contributed by atoms with Gasteiger partial charge < -0.3 is 29.3 Å². The number of likely N-dealkylation sites (tertiary alicyclic amines) is 1. The molecule has 1 aromatic rings. The Kier molecular flexibility index (Phi) is 3.68. The standard InChI is InChI=1S/C21H29NO5/c1-13-19-8-9-22(2)16(12-14-4-5-15(25-3)18(23)17(14)19)20(19,24)6-7-21(13)26-10-11-27-21/h4-5,13,16,23-24H,6-12H2,1-3H3/t13-,16-,19-,20-/m1/s1. The maximum absolute atomic E-state index is 12.2. The van der Waals surface area contributed by atoms with Crippen LogP contribution in [0.5, 0.6) is 11.5 Å². The molecular weight excluding hydrogens is 346 g/mol. The monoisotopic (exact) mass is 375 g/mol. The molecule has 2 bridgehead atoms. The van der Waals surface area contributed by atoms with Gasteiger partial charge in [0, 0.05) is 29.4 Å². The third-order valence-electron chi connectivity index (χ3n) is 8.05. The lowest BCUT2D eigenvalue weighted by molar-refractivity contribution is -0.289. The minimum absolute atomic E-state index is 0.0211. The van der Waals surface area contributed by atoms with Crippen molar-refractivity contribution >= 4 is 0 Å². The first-order chi connectivity index (χ1) is 12.9. The quantitative estimate of drug-likeness (QED) is 0.780. The van der Waals surface area contributed by atoms with E-state index in [1.807, 2.05) is 12.1 Å². The molecule has 2 saturated heterocycles. The zero-order valence-electron chi connectivity index (χ0n) is 16.3. The number of aliphatic hydroxyl groups is 1. The van der Waals surface area contributed by atoms with Crippen LogP contribution in [0.1, 0.15) is 37.3 Å². The molecule has 27 heavy (non-hydrogen) atoms. The van der Waals surface area contributed by atoms with Crippen molar-refractivity contribution in [1.29, 1.82) is 0 Å². The smallest absolute Gasteiger partial charge is 0.172 e. The van der Waals surface area contributed by atoms with Gasteiger partial charge in [0.25, 0.3) is 0 Å². The first-order valence-corrected chi connectivity index (χ1v) is 9.99. The summed E-state index contributed by atoms with van der Waals surface area (Å²) in [6, 6.07) is 3.90. The zero-order valence-corrected chi connectivity index (χ0v) is 16.3. The molecule has 2 aliphatic heterocycles. The van der Waals surface area contributed by atoms with Gasteiger partial charge >= 0.3 is 0 Å². The van der Waals surface area contributed by atoms with Crippen LogP contribution >= 0.6 is 0 Å². The highest BCUT2D eigenvalue weighted by molar-refractivity contribution is 5.58. The second kappa shape index (κ2) is 5.60. The average molecular weight is 375 g/mol. The van der Waals surface area contributed by atoms with Crippen molar-refractivity contribution in [2.75, 3.05) is 33.9 Å². The molecule has 0 radical (unpaired) electrons. The Labute approximate surface area is 160 Å². The lowest BCUT2D eigenvalue weighted by Crippen LogP contribution is -2.77. The molecule has 1 saturated carbocycles. The number of rotatable bonds is 1. The van der Waals surface area contributed by atoms with Gasteiger partial charge in [0.2, 0.25) is 0 Å². The summed E-state index contributed by atoms with van der Waals surface area (Å²) in [5.74, 6) is -0.141. The van der Waals surface area contributed by atoms with E-state index in [2.05, 4.69) is 18.9 Å². The molecule has 2 aliphatic carbocycles. The van der Waals surface area contributed by atoms with Crippen molar-refractivity contribution in [3.8, 4) is 11.5 Å². The molecule has 2 heterocycles. The lowest BCUT2D eigenvalue weighted by atomic mass is 9.45. The van der Waals surface area contributed by atoms with Crippen molar-refractivity contribution in [3.63, 3.8) is 0 Å². The molecule has 148 valence electrons. The average Bonchev–Trinajstić information content (AvgIpc) is 3.13. The summed E-state index contributed by atoms with van der Waals surface area (Å²) in [6.45, 7) is 4.16. The SMILES string of the molecule is COc1ccc2c(c1O)[C@]13CCN(C)[C@H](C2)[C@]1(O)CCC1(OCCO1)[C@@H]3C. The molecule has 4 aliphatic rings. The molecule has 6 nitrogen and oxygen atoms in total. The van der Waals surface area contributed by atoms with Crippen LogP contribution in [0, 0.1) is 5.92 Å². The van der Waals surface area contributed by atoms with Crippen LogP contribution in [-0.4, -0.2) is 66.5 Å². The minimum atomic E-state index is -0.934. The second-order valence-electron chi connectivity index (χ2n) is 8.73. The third kappa shape index (κ3) is 1.95. The van der Waals surface area contributed by atoms with E-state index in [4.69, 9.17) is 14.2 Å². The summed E-state index contributed by atoms with van der Waals surface area (Å²) in [5, 5.41) is 23.4. The topological polar surface area (TPSA) is 71.4 Å². The van der Waals surface area contributed by atoms with Gasteiger partial charge in [0.05, 0.1) is 25.9 Å². The molecule has 5 rings (SSSR count). The van der Waals surface area contributed by atoms with Crippen molar-refractivity contribution in [2.45, 2.75) is 55.5 Å². The number of methoxy groups -OCH3 is 1. The van der Waals surface area contributed by atoms with Gasteiger partial charge in [-0.1, -0.05) is 13.0 Å². The molecule has 0 amide bonds. The number of aromatic hydroxyl groups is 1. The van der Waals surface area contributed by atoms with Gasteiger partial charge in [-0.15, -0.1) is 0 Å². The fourth-order valence-corrected chi connectivity index (χ4v) is 6.73. The highest BCUT2D eigenvalue weighted by Crippen LogP contribution is 2.65. The Morgan fingerprint density at radius 3 is 2.63 bits per heavy atom. The van der Waals surface area contributed by atoms with Crippen molar-refractivity contribution < 1.29 is 24.4 Å². The van der Waals surface area contributed by atoms with E-state index in [0.29, 0.717) is 31.8 Å². The van der Waals surface area contributed by atoms with Crippen LogP contribution in [0.4, 0.5) is 0 Å². The van der Waals surface area contributed by atoms with E-state index < -0.39 is 16.8 Å². The number of benzene rings is 1. The van der Waals surface area contributed by atoms with Crippen molar-refractivity contribution in [3.05, 3.63) is 23.3 Å². The Balaban J connectivity index is 1.79. The van der Waals surface area contributed by atoms with Gasteiger partial charge in [-0.05, 0) is 44.5 Å². The van der Waals surface area contributed by atoms with E-state index in [-0.39, 0.29) is 17.7 Å². The van der Waals surface area contributed by atoms with Crippen LogP contribution in [0.2, 0.25) is 0 Å². The summed E-state index contributed by atoms with van der Waals surface area (Å²) in [5.41, 5.74) is 0.381. The summed E-state index contributed by atoms with van der Waals surface area (Å²) in [7, 11) is 3.67. The van der Waals surface area contributed by atoms with Gasteiger partial charge in [0.15, 0.2) is 17.3 Å². The molecule has 3 fully saturated rings. The van der Waals surface area contributed by atoms with E-state index in [1.54, 1.807) is 7.11 Å². The van der Waals surface area contributed by atoms with Crippen LogP contribution in [0.3, 0.4) is 0 Å². The van der Waals surface area contributed by atoms with Crippen molar-refractivity contribution in [1.82, 2.24) is 4.90 Å². The number of phenolic OH excluding ortho intramolecular Hbond substituents is 1. The maximum Gasteiger partial charge on any atom is 0.172 e. The van der Waals surface area contributed by atoms with Gasteiger partial charge in [-0.25, -0.2) is 0 Å². The first kappa shape index (κ1) is 17.7. The highest BCUT2D eigenvalue weighted by Gasteiger charge is 2.72. The summed E-state index contributed by atoms with van der Waals surface area (Å²) in [6.07, 6.45) is 2.75. The number of nitrogens with zero attached hydrogens (tertiary/aromatic N) is 1. The number of fused-ring (bicyclic) bond motifs is 1. The second-order valence-corrected chi connectivity index (χ2v) is 8.73. The zero-order chi connectivity index (χ0) is 19.0. The molecule has 0 unspecified atom stereocenters. The Hall–Kier alpha value is -1.34. The fraction of sp³-hybridized carbons (Fsp3) is 0.714. The predicted molar refractivity (Wildman–Crippen MR) is 99.1 cm³/mol. The lowest BCUT2D eigenvalue weighted by Gasteiger charge is -2.67. The number of ether oxygens (including phenoxy) is 3. The Bertz CT molecular complexity index is 776. The molecule has 4 atom stereocenters. The largest absolute Gasteiger partial charge is 0.504 e. The number of hydrogen-bond acceptors (Lipinski definition) is 6. The van der Waals surface area contributed by atoms with Crippen LogP contribution in [-0.2, 0) is 21.3 Å². The summed E-state index contributed by atoms with van der Waals surface area (Å²) >= 11 is 0. The maximum atomic E-state index is 12.2. The van der Waals surface area contributed by atoms with E-state index >= 15 is 0 Å². The highest BCUT2D eigenvalue weighted by atomic mass is 16.7. The molecule has 1 aromatic carbocycles. The molecule has 1 spiro atoms. The van der Waals surface area contributed by atoms with Crippen molar-refractivity contribution in [2.24, 2.45) is 5.92 Å². The molecule has 2 N–H and O–H groups in total. The normalized spacial score (nSPS) is 39.9. The van der Waals surface area contributed by atoms with Crippen LogP contribution in [0.25, 0.3) is 0 Å². The third-order valence-corrected chi connectivity index (χ3v) is 8.05. The number of likely N-dealkylation sites (N-methyl/N-ethyl adjacent to an activating group) is 1. The fourth-order valence-electron chi connectivity index (χ4n) is 6.73. The first-order valence-electron chi connectivity index (χ1n) is 9.99. The van der Waals surface area contributed by atoms with Crippen LogP contribution in [0.15, 0.2) is 12.1 Å². The van der Waals surface area contributed by atoms with E-state index in [1.165, 1.54) is 0 Å². The predicted octanol–water partition coefficient (Wildman–Crippen LogP) is 1.80. The van der Waals surface area contributed by atoms with Gasteiger partial charge in [0.1, 0.15) is 0 Å². The summed E-state index contributed by atoms with van der Waals surface area (Å²) < 4.78 is 17.7. The number of phenols is 1. The molecular formula is C21H29NO5. The van der Waals surface area contributed by atoms with E-state index in [9.17, 15) is 10.2 Å². The number of piperidine rings is 1. The summed E-state index contributed by atoms with van der Waals surface area (Å²) in [4.78, 5) is 2.28. The Morgan fingerprint density at radius 2 is 1.93 bits per heavy atom. The molecule has 0 aromatic heterocycles. The Morgan fingerprint density at radius 1 is 1.19 bits per heavy atom. The van der Waals surface area contributed by atoms with E-state index in [0.717, 1.165) is 30.5 Å². The van der Waals surface area contributed by atoms with Crippen LogP contribution < -0.4 is 4.74 Å². The number of hydrogen-bond donors (Lipinski definition) is 2. The van der Waals surface area contributed by atoms with Gasteiger partial charge in [-0.3, -0.25) is 0 Å². The molecule has 6 heteroatoms.